The number of carbonyl (C=O) groups is 2. The van der Waals surface area contributed by atoms with Crippen LogP contribution in [0.5, 0.6) is 0 Å². The molecule has 0 aliphatic heterocycles. The minimum Gasteiger partial charge on any atom is -0.451 e. The lowest BCUT2D eigenvalue weighted by molar-refractivity contribution is 0.0959. The van der Waals surface area contributed by atoms with E-state index < -0.39 is 5.91 Å². The molecule has 0 atom stereocenters. The predicted molar refractivity (Wildman–Crippen MR) is 96.5 cm³/mol. The first-order chi connectivity index (χ1) is 12.1. The molecule has 3 rings (SSSR count). The van der Waals surface area contributed by atoms with Crippen molar-refractivity contribution in [3.8, 4) is 12.3 Å². The molecule has 0 spiro atoms. The summed E-state index contributed by atoms with van der Waals surface area (Å²) < 4.78 is 5.66. The Morgan fingerprint density at radius 1 is 1.08 bits per heavy atom. The van der Waals surface area contributed by atoms with Crippen molar-refractivity contribution < 1.29 is 14.0 Å². The van der Waals surface area contributed by atoms with E-state index in [1.165, 1.54) is 0 Å². The molecule has 0 radical (unpaired) electrons. The lowest BCUT2D eigenvalue weighted by Gasteiger charge is -2.10. The van der Waals surface area contributed by atoms with Crippen LogP contribution in [-0.2, 0) is 0 Å². The Morgan fingerprint density at radius 3 is 2.56 bits per heavy atom. The zero-order valence-electron chi connectivity index (χ0n) is 13.6. The normalized spacial score (nSPS) is 10.2. The van der Waals surface area contributed by atoms with Crippen molar-refractivity contribution in [3.05, 3.63) is 65.4 Å². The van der Waals surface area contributed by atoms with Crippen LogP contribution in [0, 0.1) is 19.3 Å². The Labute approximate surface area is 145 Å². The standard InChI is InChI=1S/C20H16N2O3/c1-3-12-21-19(23)15-9-4-6-10-16(15)22-20(24)18-13(2)14-8-5-7-11-17(14)25-18/h1,4-11H,12H2,2H3,(H,21,23)(H,22,24). The zero-order valence-corrected chi connectivity index (χ0v) is 13.6. The number of hydrogen-bond acceptors (Lipinski definition) is 3. The van der Waals surface area contributed by atoms with Gasteiger partial charge in [0.05, 0.1) is 17.8 Å². The summed E-state index contributed by atoms with van der Waals surface area (Å²) in [5.74, 6) is 1.80. The molecule has 0 unspecified atom stereocenters. The summed E-state index contributed by atoms with van der Waals surface area (Å²) >= 11 is 0. The summed E-state index contributed by atoms with van der Waals surface area (Å²) in [6.45, 7) is 1.94. The molecule has 2 N–H and O–H groups in total. The van der Waals surface area contributed by atoms with Gasteiger partial charge in [0.15, 0.2) is 5.76 Å². The molecule has 1 heterocycles. The van der Waals surface area contributed by atoms with Crippen molar-refractivity contribution in [1.29, 1.82) is 0 Å². The first-order valence-corrected chi connectivity index (χ1v) is 7.72. The summed E-state index contributed by atoms with van der Waals surface area (Å²) in [7, 11) is 0. The fraction of sp³-hybridized carbons (Fsp3) is 0.100. The summed E-state index contributed by atoms with van der Waals surface area (Å²) in [5, 5.41) is 6.21. The van der Waals surface area contributed by atoms with Gasteiger partial charge in [0.1, 0.15) is 5.58 Å². The van der Waals surface area contributed by atoms with Gasteiger partial charge in [-0.2, -0.15) is 0 Å². The molecule has 5 nitrogen and oxygen atoms in total. The number of carbonyl (C=O) groups excluding carboxylic acids is 2. The highest BCUT2D eigenvalue weighted by atomic mass is 16.3. The number of rotatable bonds is 4. The average molecular weight is 332 g/mol. The van der Waals surface area contributed by atoms with Crippen molar-refractivity contribution in [2.75, 3.05) is 11.9 Å². The number of furan rings is 1. The molecular formula is C20H16N2O3. The summed E-state index contributed by atoms with van der Waals surface area (Å²) in [6.07, 6.45) is 5.16. The molecule has 1 aromatic heterocycles. The van der Waals surface area contributed by atoms with E-state index in [1.807, 2.05) is 25.1 Å². The van der Waals surface area contributed by atoms with E-state index in [4.69, 9.17) is 10.8 Å². The Hall–Kier alpha value is -3.52. The first kappa shape index (κ1) is 16.3. The van der Waals surface area contributed by atoms with E-state index in [1.54, 1.807) is 30.3 Å². The lowest BCUT2D eigenvalue weighted by Crippen LogP contribution is -2.25. The molecule has 2 amide bonds. The molecule has 25 heavy (non-hydrogen) atoms. The zero-order chi connectivity index (χ0) is 17.8. The van der Waals surface area contributed by atoms with Crippen LogP contribution in [0.3, 0.4) is 0 Å². The van der Waals surface area contributed by atoms with Gasteiger partial charge in [-0.3, -0.25) is 9.59 Å². The van der Waals surface area contributed by atoms with Crippen LogP contribution in [-0.4, -0.2) is 18.4 Å². The monoisotopic (exact) mass is 332 g/mol. The van der Waals surface area contributed by atoms with Crippen molar-refractivity contribution in [1.82, 2.24) is 5.32 Å². The Kier molecular flexibility index (Phi) is 4.53. The number of nitrogens with one attached hydrogen (secondary N) is 2. The van der Waals surface area contributed by atoms with Crippen LogP contribution in [0.1, 0.15) is 26.5 Å². The molecule has 0 aliphatic rings. The minimum absolute atomic E-state index is 0.115. The second-order valence-corrected chi connectivity index (χ2v) is 5.44. The van der Waals surface area contributed by atoms with E-state index in [9.17, 15) is 9.59 Å². The molecule has 124 valence electrons. The second kappa shape index (κ2) is 6.93. The molecule has 0 bridgehead atoms. The highest BCUT2D eigenvalue weighted by molar-refractivity contribution is 6.10. The first-order valence-electron chi connectivity index (χ1n) is 7.72. The van der Waals surface area contributed by atoms with E-state index in [0.717, 1.165) is 10.9 Å². The van der Waals surface area contributed by atoms with Gasteiger partial charge in [-0.05, 0) is 25.1 Å². The number of para-hydroxylation sites is 2. The van der Waals surface area contributed by atoms with Gasteiger partial charge in [-0.15, -0.1) is 6.42 Å². The van der Waals surface area contributed by atoms with Crippen LogP contribution >= 0.6 is 0 Å². The summed E-state index contributed by atoms with van der Waals surface area (Å²) in [6, 6.07) is 14.2. The third-order valence-corrected chi connectivity index (χ3v) is 3.82. The highest BCUT2D eigenvalue weighted by Gasteiger charge is 2.19. The Morgan fingerprint density at radius 2 is 1.80 bits per heavy atom. The summed E-state index contributed by atoms with van der Waals surface area (Å²) in [4.78, 5) is 24.8. The topological polar surface area (TPSA) is 71.3 Å². The van der Waals surface area contributed by atoms with Crippen molar-refractivity contribution >= 4 is 28.5 Å². The van der Waals surface area contributed by atoms with Gasteiger partial charge >= 0.3 is 0 Å². The third-order valence-electron chi connectivity index (χ3n) is 3.82. The molecule has 0 aliphatic carbocycles. The van der Waals surface area contributed by atoms with Gasteiger partial charge in [0, 0.05) is 10.9 Å². The fourth-order valence-electron chi connectivity index (χ4n) is 2.59. The SMILES string of the molecule is C#CCNC(=O)c1ccccc1NC(=O)c1oc2ccccc2c1C. The summed E-state index contributed by atoms with van der Waals surface area (Å²) in [5.41, 5.74) is 2.12. The largest absolute Gasteiger partial charge is 0.451 e. The second-order valence-electron chi connectivity index (χ2n) is 5.44. The van der Waals surface area contributed by atoms with E-state index in [2.05, 4.69) is 16.6 Å². The van der Waals surface area contributed by atoms with E-state index >= 15 is 0 Å². The minimum atomic E-state index is -0.411. The van der Waals surface area contributed by atoms with Crippen LogP contribution in [0.4, 0.5) is 5.69 Å². The van der Waals surface area contributed by atoms with Gasteiger partial charge in [0.2, 0.25) is 0 Å². The van der Waals surface area contributed by atoms with Crippen molar-refractivity contribution in [2.45, 2.75) is 6.92 Å². The van der Waals surface area contributed by atoms with Gasteiger partial charge in [-0.1, -0.05) is 36.3 Å². The predicted octanol–water partition coefficient (Wildman–Crippen LogP) is 3.36. The third kappa shape index (κ3) is 3.24. The number of fused-ring (bicyclic) bond motifs is 1. The number of benzene rings is 2. The maximum atomic E-state index is 12.6. The molecule has 0 saturated heterocycles. The van der Waals surface area contributed by atoms with Crippen LogP contribution in [0.25, 0.3) is 11.0 Å². The molecule has 3 aromatic rings. The van der Waals surface area contributed by atoms with E-state index in [-0.39, 0.29) is 18.2 Å². The van der Waals surface area contributed by atoms with Crippen LogP contribution < -0.4 is 10.6 Å². The number of aryl methyl sites for hydroxylation is 1. The van der Waals surface area contributed by atoms with Gasteiger partial charge in [-0.25, -0.2) is 0 Å². The van der Waals surface area contributed by atoms with Crippen molar-refractivity contribution in [3.63, 3.8) is 0 Å². The quantitative estimate of drug-likeness (QED) is 0.720. The highest BCUT2D eigenvalue weighted by Crippen LogP contribution is 2.26. The van der Waals surface area contributed by atoms with E-state index in [0.29, 0.717) is 16.8 Å². The van der Waals surface area contributed by atoms with Gasteiger partial charge < -0.3 is 15.1 Å². The number of anilines is 1. The Balaban J connectivity index is 1.89. The maximum absolute atomic E-state index is 12.6. The average Bonchev–Trinajstić information content (AvgIpc) is 2.97. The maximum Gasteiger partial charge on any atom is 0.291 e. The van der Waals surface area contributed by atoms with Crippen LogP contribution in [0.15, 0.2) is 52.9 Å². The molecule has 2 aromatic carbocycles. The molecule has 0 fully saturated rings. The number of amides is 2. The smallest absolute Gasteiger partial charge is 0.291 e. The number of terminal acetylenes is 1. The number of hydrogen-bond donors (Lipinski definition) is 2. The fourth-order valence-corrected chi connectivity index (χ4v) is 2.59. The molecule has 0 saturated carbocycles. The Bertz CT molecular complexity index is 996. The van der Waals surface area contributed by atoms with Crippen LogP contribution in [0.2, 0.25) is 0 Å². The molecule has 5 heteroatoms. The van der Waals surface area contributed by atoms with Gasteiger partial charge in [0.25, 0.3) is 11.8 Å². The molecular weight excluding hydrogens is 316 g/mol. The van der Waals surface area contributed by atoms with Crippen molar-refractivity contribution in [2.24, 2.45) is 0 Å². The lowest BCUT2D eigenvalue weighted by atomic mass is 10.1.